The molecule has 0 amide bonds. The molecule has 2 heterocycles. The first-order valence-corrected chi connectivity index (χ1v) is 8.99. The predicted molar refractivity (Wildman–Crippen MR) is 97.1 cm³/mol. The molecule has 3 rings (SSSR count). The molecule has 0 atom stereocenters. The Morgan fingerprint density at radius 1 is 1.24 bits per heavy atom. The summed E-state index contributed by atoms with van der Waals surface area (Å²) in [6, 6.07) is 6.06. The van der Waals surface area contributed by atoms with Crippen molar-refractivity contribution in [3.05, 3.63) is 30.0 Å². The van der Waals surface area contributed by atoms with E-state index in [1.807, 2.05) is 30.8 Å². The summed E-state index contributed by atoms with van der Waals surface area (Å²) < 4.78 is 18.7. The van der Waals surface area contributed by atoms with Gasteiger partial charge in [-0.2, -0.15) is 5.10 Å². The number of ether oxygens (including phenoxy) is 3. The number of nitrogens with zero attached hydrogens (tertiary/aromatic N) is 2. The Morgan fingerprint density at radius 3 is 2.92 bits per heavy atom. The van der Waals surface area contributed by atoms with Gasteiger partial charge in [0.25, 0.3) is 0 Å². The molecule has 25 heavy (non-hydrogen) atoms. The maximum absolute atomic E-state index is 5.80. The van der Waals surface area contributed by atoms with E-state index in [1.54, 1.807) is 0 Å². The van der Waals surface area contributed by atoms with E-state index in [4.69, 9.17) is 14.2 Å². The molecule has 0 saturated heterocycles. The largest absolute Gasteiger partial charge is 0.490 e. The highest BCUT2D eigenvalue weighted by atomic mass is 16.5. The number of benzene rings is 1. The van der Waals surface area contributed by atoms with Crippen LogP contribution in [0.5, 0.6) is 11.5 Å². The molecule has 0 saturated carbocycles. The molecule has 0 unspecified atom stereocenters. The van der Waals surface area contributed by atoms with E-state index < -0.39 is 0 Å². The first-order valence-electron chi connectivity index (χ1n) is 8.99. The number of aryl methyl sites for hydroxylation is 1. The van der Waals surface area contributed by atoms with Crippen molar-refractivity contribution < 1.29 is 14.2 Å². The number of aromatic nitrogens is 2. The highest BCUT2D eigenvalue weighted by Crippen LogP contribution is 2.34. The van der Waals surface area contributed by atoms with Crippen LogP contribution in [0.4, 0.5) is 0 Å². The molecule has 6 heteroatoms. The van der Waals surface area contributed by atoms with Crippen LogP contribution in [-0.2, 0) is 18.3 Å². The lowest BCUT2D eigenvalue weighted by Gasteiger charge is -2.10. The molecule has 136 valence electrons. The Bertz CT molecular complexity index is 685. The molecule has 6 nitrogen and oxygen atoms in total. The van der Waals surface area contributed by atoms with E-state index in [1.165, 1.54) is 5.56 Å². The molecule has 2 aromatic rings. The normalized spacial score (nSPS) is 13.7. The second kappa shape index (κ2) is 8.87. The van der Waals surface area contributed by atoms with E-state index in [2.05, 4.69) is 22.7 Å². The van der Waals surface area contributed by atoms with Gasteiger partial charge in [-0.25, -0.2) is 0 Å². The third-order valence-electron chi connectivity index (χ3n) is 4.09. The predicted octanol–water partition coefficient (Wildman–Crippen LogP) is 2.76. The lowest BCUT2D eigenvalue weighted by Crippen LogP contribution is -2.16. The van der Waals surface area contributed by atoms with Gasteiger partial charge in [-0.3, -0.25) is 4.68 Å². The maximum atomic E-state index is 5.80. The minimum atomic E-state index is 0.687. The molecule has 1 N–H and O–H groups in total. The molecule has 0 radical (unpaired) electrons. The van der Waals surface area contributed by atoms with Gasteiger partial charge in [-0.15, -0.1) is 0 Å². The van der Waals surface area contributed by atoms with Crippen molar-refractivity contribution in [3.8, 4) is 22.8 Å². The third-order valence-corrected chi connectivity index (χ3v) is 4.09. The Labute approximate surface area is 149 Å². The standard InChI is InChI=1S/C19H27N3O3/c1-3-23-9-4-8-20-13-16-14-22(2)21-19(16)15-6-7-17-18(12-15)25-11-5-10-24-17/h6-7,12,14,20H,3-5,8-11,13H2,1-2H3. The SMILES string of the molecule is CCOCCCNCc1cn(C)nc1-c1ccc2c(c1)OCCCO2. The number of hydrogen-bond donors (Lipinski definition) is 1. The zero-order chi connectivity index (χ0) is 17.5. The average Bonchev–Trinajstić information content (AvgIpc) is 2.84. The Hall–Kier alpha value is -2.05. The molecule has 0 bridgehead atoms. The van der Waals surface area contributed by atoms with Crippen molar-refractivity contribution in [2.24, 2.45) is 7.05 Å². The molecular formula is C19H27N3O3. The van der Waals surface area contributed by atoms with Gasteiger partial charge >= 0.3 is 0 Å². The smallest absolute Gasteiger partial charge is 0.161 e. The second-order valence-corrected chi connectivity index (χ2v) is 6.12. The second-order valence-electron chi connectivity index (χ2n) is 6.12. The minimum absolute atomic E-state index is 0.687. The van der Waals surface area contributed by atoms with Crippen molar-refractivity contribution in [3.63, 3.8) is 0 Å². The van der Waals surface area contributed by atoms with Gasteiger partial charge in [0.15, 0.2) is 11.5 Å². The van der Waals surface area contributed by atoms with Crippen LogP contribution in [0.25, 0.3) is 11.3 Å². The fourth-order valence-corrected chi connectivity index (χ4v) is 2.89. The molecule has 0 aliphatic carbocycles. The van der Waals surface area contributed by atoms with Crippen molar-refractivity contribution in [1.29, 1.82) is 0 Å². The number of hydrogen-bond acceptors (Lipinski definition) is 5. The Balaban J connectivity index is 1.69. The zero-order valence-corrected chi connectivity index (χ0v) is 15.1. The van der Waals surface area contributed by atoms with Gasteiger partial charge in [0.1, 0.15) is 0 Å². The Morgan fingerprint density at radius 2 is 2.08 bits per heavy atom. The van der Waals surface area contributed by atoms with Gasteiger partial charge in [0.2, 0.25) is 0 Å². The van der Waals surface area contributed by atoms with E-state index in [0.717, 1.165) is 61.9 Å². The van der Waals surface area contributed by atoms with Crippen molar-refractivity contribution in [2.45, 2.75) is 26.3 Å². The zero-order valence-electron chi connectivity index (χ0n) is 15.1. The van der Waals surface area contributed by atoms with Gasteiger partial charge in [-0.1, -0.05) is 0 Å². The molecule has 1 aliphatic rings. The number of nitrogens with one attached hydrogen (secondary N) is 1. The van der Waals surface area contributed by atoms with Crippen LogP contribution in [0.2, 0.25) is 0 Å². The van der Waals surface area contributed by atoms with Crippen LogP contribution in [-0.4, -0.2) is 42.8 Å². The van der Waals surface area contributed by atoms with E-state index in [0.29, 0.717) is 13.2 Å². The van der Waals surface area contributed by atoms with E-state index in [9.17, 15) is 0 Å². The molecule has 1 aliphatic heterocycles. The molecule has 0 fully saturated rings. The van der Waals surface area contributed by atoms with Crippen LogP contribution >= 0.6 is 0 Å². The highest BCUT2D eigenvalue weighted by molar-refractivity contribution is 5.66. The highest BCUT2D eigenvalue weighted by Gasteiger charge is 2.15. The fourth-order valence-electron chi connectivity index (χ4n) is 2.89. The van der Waals surface area contributed by atoms with Crippen LogP contribution in [0.1, 0.15) is 25.3 Å². The maximum Gasteiger partial charge on any atom is 0.161 e. The quantitative estimate of drug-likeness (QED) is 0.746. The van der Waals surface area contributed by atoms with Crippen LogP contribution in [0.15, 0.2) is 24.4 Å². The first kappa shape index (κ1) is 17.8. The van der Waals surface area contributed by atoms with Crippen LogP contribution in [0.3, 0.4) is 0 Å². The van der Waals surface area contributed by atoms with E-state index >= 15 is 0 Å². The molecule has 1 aromatic carbocycles. The summed E-state index contributed by atoms with van der Waals surface area (Å²) in [5.41, 5.74) is 3.21. The van der Waals surface area contributed by atoms with Crippen molar-refractivity contribution in [1.82, 2.24) is 15.1 Å². The lowest BCUT2D eigenvalue weighted by atomic mass is 10.1. The van der Waals surface area contributed by atoms with Gasteiger partial charge in [0, 0.05) is 50.6 Å². The summed E-state index contributed by atoms with van der Waals surface area (Å²) >= 11 is 0. The topological polar surface area (TPSA) is 57.5 Å². The lowest BCUT2D eigenvalue weighted by molar-refractivity contribution is 0.144. The number of rotatable bonds is 8. The third kappa shape index (κ3) is 4.74. The summed E-state index contributed by atoms with van der Waals surface area (Å²) in [7, 11) is 1.95. The van der Waals surface area contributed by atoms with Crippen molar-refractivity contribution >= 4 is 0 Å². The first-order chi connectivity index (χ1) is 12.3. The summed E-state index contributed by atoms with van der Waals surface area (Å²) in [5, 5.41) is 8.10. The summed E-state index contributed by atoms with van der Waals surface area (Å²) in [5.74, 6) is 1.61. The van der Waals surface area contributed by atoms with E-state index in [-0.39, 0.29) is 0 Å². The number of fused-ring (bicyclic) bond motifs is 1. The Kier molecular flexibility index (Phi) is 6.30. The molecule has 1 aromatic heterocycles. The minimum Gasteiger partial charge on any atom is -0.490 e. The summed E-state index contributed by atoms with van der Waals surface area (Å²) in [6.45, 7) is 6.69. The van der Waals surface area contributed by atoms with Gasteiger partial charge < -0.3 is 19.5 Å². The van der Waals surface area contributed by atoms with Crippen LogP contribution in [0, 0.1) is 0 Å². The van der Waals surface area contributed by atoms with Crippen molar-refractivity contribution in [2.75, 3.05) is 33.0 Å². The average molecular weight is 345 g/mol. The van der Waals surface area contributed by atoms with Crippen LogP contribution < -0.4 is 14.8 Å². The van der Waals surface area contributed by atoms with Gasteiger partial charge in [0.05, 0.1) is 18.9 Å². The monoisotopic (exact) mass is 345 g/mol. The summed E-state index contributed by atoms with van der Waals surface area (Å²) in [4.78, 5) is 0. The van der Waals surface area contributed by atoms with Gasteiger partial charge in [-0.05, 0) is 38.1 Å². The summed E-state index contributed by atoms with van der Waals surface area (Å²) in [6.07, 6.45) is 3.98. The fraction of sp³-hybridized carbons (Fsp3) is 0.526. The molecule has 0 spiro atoms. The molecular weight excluding hydrogens is 318 g/mol.